The van der Waals surface area contributed by atoms with Gasteiger partial charge in [0.2, 0.25) is 12.5 Å². The molecule has 3 aliphatic heterocycles. The van der Waals surface area contributed by atoms with Crippen molar-refractivity contribution < 1.29 is 18.3 Å². The third kappa shape index (κ3) is 4.64. The first-order chi connectivity index (χ1) is 21.9. The summed E-state index contributed by atoms with van der Waals surface area (Å²) in [5.74, 6) is 0.796. The monoisotopic (exact) mass is 611 g/mol. The number of hydrogen-bond donors (Lipinski definition) is 0. The summed E-state index contributed by atoms with van der Waals surface area (Å²) in [5.41, 5.74) is 3.25. The van der Waals surface area contributed by atoms with Gasteiger partial charge in [0.15, 0.2) is 5.82 Å². The van der Waals surface area contributed by atoms with Crippen LogP contribution >= 0.6 is 0 Å². The van der Waals surface area contributed by atoms with Crippen LogP contribution in [0.2, 0.25) is 0 Å². The van der Waals surface area contributed by atoms with E-state index in [2.05, 4.69) is 32.4 Å². The fourth-order valence-electron chi connectivity index (χ4n) is 8.42. The van der Waals surface area contributed by atoms with Crippen molar-refractivity contribution >= 4 is 22.6 Å². The highest BCUT2D eigenvalue weighted by Gasteiger charge is 2.50. The molecule has 1 saturated carbocycles. The quantitative estimate of drug-likeness (QED) is 0.286. The Kier molecular flexibility index (Phi) is 6.75. The van der Waals surface area contributed by atoms with E-state index in [1.807, 2.05) is 17.0 Å². The van der Waals surface area contributed by atoms with Gasteiger partial charge in [-0.25, -0.2) is 15.4 Å². The van der Waals surface area contributed by atoms with Crippen LogP contribution in [0.5, 0.6) is 6.01 Å². The zero-order valence-corrected chi connectivity index (χ0v) is 25.1. The minimum absolute atomic E-state index is 0.0314. The van der Waals surface area contributed by atoms with Crippen molar-refractivity contribution in [2.24, 2.45) is 5.92 Å². The number of ether oxygens (including phenoxy) is 1. The molecule has 5 aliphatic rings. The van der Waals surface area contributed by atoms with Gasteiger partial charge in [-0.15, -0.1) is 0 Å². The molecule has 0 spiro atoms. The number of halogens is 2. The Morgan fingerprint density at radius 2 is 2.13 bits per heavy atom. The molecule has 5 atom stereocenters. The number of carbonyl (C=O) groups excluding carboxylic acids is 1. The number of pyridine rings is 1. The molecule has 0 radical (unpaired) electrons. The number of hydrogen-bond acceptors (Lipinski definition) is 7. The predicted octanol–water partition coefficient (Wildman–Crippen LogP) is 4.57. The number of aromatic nitrogens is 3. The van der Waals surface area contributed by atoms with Crippen molar-refractivity contribution in [1.29, 1.82) is 0 Å². The second-order valence-electron chi connectivity index (χ2n) is 13.2. The summed E-state index contributed by atoms with van der Waals surface area (Å²) in [5, 5.41) is 0.441. The van der Waals surface area contributed by atoms with Gasteiger partial charge in [0.1, 0.15) is 35.8 Å². The average molecular weight is 612 g/mol. The zero-order chi connectivity index (χ0) is 30.9. The van der Waals surface area contributed by atoms with Crippen molar-refractivity contribution in [2.45, 2.75) is 55.8 Å². The zero-order valence-electron chi connectivity index (χ0n) is 25.1. The molecule has 0 N–H and O–H groups in total. The summed E-state index contributed by atoms with van der Waals surface area (Å²) < 4.78 is 37.5. The van der Waals surface area contributed by atoms with Gasteiger partial charge >= 0.3 is 6.01 Å². The van der Waals surface area contributed by atoms with Gasteiger partial charge in [0, 0.05) is 44.4 Å². The Morgan fingerprint density at radius 3 is 2.98 bits per heavy atom. The van der Waals surface area contributed by atoms with E-state index in [1.165, 1.54) is 17.2 Å². The van der Waals surface area contributed by atoms with E-state index < -0.39 is 23.6 Å². The molecular weight excluding hydrogens is 576 g/mol. The molecule has 5 heterocycles. The molecule has 4 fully saturated rings. The first kappa shape index (κ1) is 28.3. The summed E-state index contributed by atoms with van der Waals surface area (Å²) in [4.78, 5) is 36.0. The van der Waals surface area contributed by atoms with Crippen LogP contribution in [-0.2, 0) is 11.2 Å². The highest BCUT2D eigenvalue weighted by atomic mass is 19.1. The standard InChI is InChI=1S/C34H35F2N7O2/c1-3-27(44)43-11-10-41(18-23(43)15-37-2)32-26-16-38-30(24-7-4-6-20-12-21-13-25(21)28(20)24)29(36)31(26)39-33(40-32)45-19-34-8-5-9-42(34)17-22(35)14-34/h3-4,6-7,16,21-23,25H,1,5,8-15,17-19H2/t21-,22-,23+,25+,34+/m1/s1. The highest BCUT2D eigenvalue weighted by Crippen LogP contribution is 2.58. The summed E-state index contributed by atoms with van der Waals surface area (Å²) in [6, 6.07) is 5.69. The van der Waals surface area contributed by atoms with Crippen LogP contribution < -0.4 is 9.64 Å². The normalized spacial score (nSPS) is 28.5. The minimum atomic E-state index is -0.902. The van der Waals surface area contributed by atoms with Gasteiger partial charge in [0.25, 0.3) is 0 Å². The number of amides is 1. The van der Waals surface area contributed by atoms with Gasteiger partial charge in [-0.05, 0) is 61.3 Å². The maximum atomic E-state index is 16.7. The fourth-order valence-corrected chi connectivity index (χ4v) is 8.42. The molecule has 0 bridgehead atoms. The summed E-state index contributed by atoms with van der Waals surface area (Å²) in [6.45, 7) is 13.8. The second kappa shape index (κ2) is 10.7. The van der Waals surface area contributed by atoms with E-state index in [0.29, 0.717) is 55.6 Å². The summed E-state index contributed by atoms with van der Waals surface area (Å²) >= 11 is 0. The molecule has 45 heavy (non-hydrogen) atoms. The largest absolute Gasteiger partial charge is 0.461 e. The maximum Gasteiger partial charge on any atom is 0.319 e. The molecule has 2 aliphatic carbocycles. The molecule has 232 valence electrons. The molecule has 3 aromatic rings. The van der Waals surface area contributed by atoms with Crippen molar-refractivity contribution in [3.8, 4) is 17.3 Å². The Balaban J connectivity index is 1.20. The number of rotatable bonds is 7. The van der Waals surface area contributed by atoms with E-state index >= 15 is 4.39 Å². The van der Waals surface area contributed by atoms with Crippen LogP contribution in [-0.4, -0.2) is 94.3 Å². The fraction of sp³-hybridized carbons (Fsp3) is 0.500. The Morgan fingerprint density at radius 1 is 1.24 bits per heavy atom. The van der Waals surface area contributed by atoms with Gasteiger partial charge in [-0.3, -0.25) is 14.7 Å². The van der Waals surface area contributed by atoms with Crippen LogP contribution in [0.25, 0.3) is 27.0 Å². The Hall–Kier alpha value is -4.17. The van der Waals surface area contributed by atoms with Gasteiger partial charge < -0.3 is 19.4 Å². The van der Waals surface area contributed by atoms with Crippen LogP contribution in [0.1, 0.15) is 42.7 Å². The molecule has 1 aromatic carbocycles. The lowest BCUT2D eigenvalue weighted by molar-refractivity contribution is -0.128. The summed E-state index contributed by atoms with van der Waals surface area (Å²) in [6.07, 6.45) is 6.36. The van der Waals surface area contributed by atoms with Crippen LogP contribution in [0.3, 0.4) is 0 Å². The van der Waals surface area contributed by atoms with Gasteiger partial charge in [-0.2, -0.15) is 9.97 Å². The molecule has 0 unspecified atom stereocenters. The van der Waals surface area contributed by atoms with Gasteiger partial charge in [-0.1, -0.05) is 24.8 Å². The molecule has 9 nitrogen and oxygen atoms in total. The second-order valence-corrected chi connectivity index (χ2v) is 13.2. The smallest absolute Gasteiger partial charge is 0.319 e. The third-order valence-electron chi connectivity index (χ3n) is 10.6. The highest BCUT2D eigenvalue weighted by molar-refractivity contribution is 5.93. The van der Waals surface area contributed by atoms with Crippen molar-refractivity contribution in [2.75, 3.05) is 50.8 Å². The van der Waals surface area contributed by atoms with Crippen molar-refractivity contribution in [3.05, 3.63) is 65.4 Å². The lowest BCUT2D eigenvalue weighted by Crippen LogP contribution is -2.56. The number of benzene rings is 1. The van der Waals surface area contributed by atoms with Crippen LogP contribution in [0, 0.1) is 18.3 Å². The number of nitrogens with zero attached hydrogens (tertiary/aromatic N) is 7. The molecular formula is C34H35F2N7O2. The van der Waals surface area contributed by atoms with Crippen molar-refractivity contribution in [1.82, 2.24) is 24.8 Å². The number of carbonyl (C=O) groups is 1. The molecule has 8 rings (SSSR count). The Bertz CT molecular complexity index is 1760. The van der Waals surface area contributed by atoms with Crippen LogP contribution in [0.15, 0.2) is 37.1 Å². The first-order valence-corrected chi connectivity index (χ1v) is 15.9. The molecule has 11 heteroatoms. The van der Waals surface area contributed by atoms with E-state index in [1.54, 1.807) is 11.1 Å². The lowest BCUT2D eigenvalue weighted by Gasteiger charge is -2.39. The van der Waals surface area contributed by atoms with Gasteiger partial charge in [0.05, 0.1) is 10.9 Å². The SMILES string of the molecule is [C-]#[N+]C[C@H]1CN(c2nc(OC[C@@]34CCCN3C[C@H](F)C4)nc3c(F)c(-c4cccc5c4[C@H]4C[C@H]4C5)ncc23)CCN1C(=O)C=C. The predicted molar refractivity (Wildman–Crippen MR) is 165 cm³/mol. The van der Waals surface area contributed by atoms with E-state index in [-0.39, 0.29) is 36.3 Å². The topological polar surface area (TPSA) is 79.1 Å². The minimum Gasteiger partial charge on any atom is -0.461 e. The number of fused-ring (bicyclic) bond motifs is 5. The lowest BCUT2D eigenvalue weighted by atomic mass is 9.95. The first-order valence-electron chi connectivity index (χ1n) is 15.9. The number of alkyl halides is 1. The molecule has 3 saturated heterocycles. The van der Waals surface area contributed by atoms with E-state index in [9.17, 15) is 9.18 Å². The van der Waals surface area contributed by atoms with E-state index in [0.717, 1.165) is 37.8 Å². The summed E-state index contributed by atoms with van der Waals surface area (Å²) in [7, 11) is 0. The number of anilines is 1. The third-order valence-corrected chi connectivity index (χ3v) is 10.6. The van der Waals surface area contributed by atoms with Crippen molar-refractivity contribution in [3.63, 3.8) is 0 Å². The average Bonchev–Trinajstić information content (AvgIpc) is 3.37. The maximum absolute atomic E-state index is 16.7. The molecule has 1 amide bonds. The number of piperazine rings is 1. The molecule has 2 aromatic heterocycles. The van der Waals surface area contributed by atoms with Crippen LogP contribution in [0.4, 0.5) is 14.6 Å². The Labute approximate surface area is 260 Å². The van der Waals surface area contributed by atoms with E-state index in [4.69, 9.17) is 16.3 Å².